The molecule has 0 saturated carbocycles. The minimum atomic E-state index is -0.185. The molecule has 0 fully saturated rings. The summed E-state index contributed by atoms with van der Waals surface area (Å²) in [6.45, 7) is 5.39. The Balaban J connectivity index is 2.24. The van der Waals surface area contributed by atoms with Gasteiger partial charge in [-0.25, -0.2) is 0 Å². The first kappa shape index (κ1) is 18.4. The molecule has 1 heterocycles. The second kappa shape index (κ2) is 9.38. The van der Waals surface area contributed by atoms with Crippen LogP contribution in [0.2, 0.25) is 0 Å². The van der Waals surface area contributed by atoms with Crippen LogP contribution < -0.4 is 9.47 Å². The van der Waals surface area contributed by atoms with Crippen LogP contribution in [-0.2, 0) is 6.54 Å². The Bertz CT molecular complexity index is 720. The van der Waals surface area contributed by atoms with Gasteiger partial charge in [-0.1, -0.05) is 0 Å². The van der Waals surface area contributed by atoms with Crippen LogP contribution in [0.15, 0.2) is 41.0 Å². The Morgan fingerprint density at radius 2 is 1.96 bits per heavy atom. The third-order valence-corrected chi connectivity index (χ3v) is 3.50. The molecular weight excluding hydrogens is 320 g/mol. The number of carbonyl (C=O) groups excluding carboxylic acids is 1. The Labute approximate surface area is 147 Å². The molecule has 0 saturated heterocycles. The molecule has 25 heavy (non-hydrogen) atoms. The SMILES string of the molecule is CCOc1ccc(C(=O)N(CCC#N)Cc2ccco2)cc1OCC. The molecule has 2 aromatic rings. The van der Waals surface area contributed by atoms with Crippen molar-refractivity contribution >= 4 is 5.91 Å². The molecule has 0 spiro atoms. The lowest BCUT2D eigenvalue weighted by Crippen LogP contribution is -2.31. The van der Waals surface area contributed by atoms with Gasteiger partial charge in [0.25, 0.3) is 5.91 Å². The molecule has 0 bridgehead atoms. The molecule has 1 amide bonds. The van der Waals surface area contributed by atoms with E-state index in [9.17, 15) is 4.79 Å². The van der Waals surface area contributed by atoms with Crippen molar-refractivity contribution in [3.63, 3.8) is 0 Å². The Morgan fingerprint density at radius 3 is 2.60 bits per heavy atom. The normalized spacial score (nSPS) is 10.1. The van der Waals surface area contributed by atoms with Gasteiger partial charge in [0.2, 0.25) is 0 Å². The first-order valence-corrected chi connectivity index (χ1v) is 8.27. The molecule has 0 N–H and O–H groups in total. The summed E-state index contributed by atoms with van der Waals surface area (Å²) in [5.41, 5.74) is 0.483. The van der Waals surface area contributed by atoms with Crippen LogP contribution in [-0.4, -0.2) is 30.6 Å². The van der Waals surface area contributed by atoms with E-state index in [-0.39, 0.29) is 12.3 Å². The van der Waals surface area contributed by atoms with Crippen LogP contribution in [0.1, 0.15) is 36.4 Å². The highest BCUT2D eigenvalue weighted by molar-refractivity contribution is 5.94. The standard InChI is InChI=1S/C19H22N2O4/c1-3-23-17-9-8-15(13-18(17)24-4-2)19(22)21(11-6-10-20)14-16-7-5-12-25-16/h5,7-9,12-13H,3-4,6,11,14H2,1-2H3. The van der Waals surface area contributed by atoms with Crippen LogP contribution in [0, 0.1) is 11.3 Å². The van der Waals surface area contributed by atoms with Gasteiger partial charge in [-0.15, -0.1) is 0 Å². The third-order valence-electron chi connectivity index (χ3n) is 3.50. The number of rotatable bonds is 9. The number of furan rings is 1. The lowest BCUT2D eigenvalue weighted by molar-refractivity contribution is 0.0735. The summed E-state index contributed by atoms with van der Waals surface area (Å²) >= 11 is 0. The molecule has 0 aliphatic carbocycles. The number of benzene rings is 1. The van der Waals surface area contributed by atoms with Crippen LogP contribution in [0.5, 0.6) is 11.5 Å². The summed E-state index contributed by atoms with van der Waals surface area (Å²) in [5.74, 6) is 1.63. The number of amides is 1. The van der Waals surface area contributed by atoms with E-state index in [0.717, 1.165) is 0 Å². The van der Waals surface area contributed by atoms with Crippen LogP contribution in [0.25, 0.3) is 0 Å². The van der Waals surface area contributed by atoms with Gasteiger partial charge < -0.3 is 18.8 Å². The van der Waals surface area contributed by atoms with E-state index in [1.54, 1.807) is 41.5 Å². The van der Waals surface area contributed by atoms with Crippen molar-refractivity contribution in [1.82, 2.24) is 4.90 Å². The highest BCUT2D eigenvalue weighted by Gasteiger charge is 2.19. The maximum absolute atomic E-state index is 12.9. The fraction of sp³-hybridized carbons (Fsp3) is 0.368. The number of nitrogens with zero attached hydrogens (tertiary/aromatic N) is 2. The molecule has 0 atom stereocenters. The van der Waals surface area contributed by atoms with Crippen LogP contribution in [0.3, 0.4) is 0 Å². The zero-order chi connectivity index (χ0) is 18.1. The maximum Gasteiger partial charge on any atom is 0.254 e. The lowest BCUT2D eigenvalue weighted by Gasteiger charge is -2.21. The molecule has 0 aliphatic rings. The zero-order valence-corrected chi connectivity index (χ0v) is 14.5. The fourth-order valence-corrected chi connectivity index (χ4v) is 2.39. The van der Waals surface area contributed by atoms with Crippen molar-refractivity contribution in [3.05, 3.63) is 47.9 Å². The second-order valence-corrected chi connectivity index (χ2v) is 5.24. The quantitative estimate of drug-likeness (QED) is 0.695. The first-order valence-electron chi connectivity index (χ1n) is 8.27. The summed E-state index contributed by atoms with van der Waals surface area (Å²) in [7, 11) is 0. The molecule has 132 valence electrons. The van der Waals surface area contributed by atoms with Gasteiger partial charge in [-0.05, 0) is 44.2 Å². The number of hydrogen-bond donors (Lipinski definition) is 0. The van der Waals surface area contributed by atoms with Gasteiger partial charge in [-0.3, -0.25) is 4.79 Å². The van der Waals surface area contributed by atoms with Gasteiger partial charge >= 0.3 is 0 Å². The van der Waals surface area contributed by atoms with Gasteiger partial charge in [0.1, 0.15) is 5.76 Å². The highest BCUT2D eigenvalue weighted by Crippen LogP contribution is 2.29. The van der Waals surface area contributed by atoms with Crippen molar-refractivity contribution in [2.24, 2.45) is 0 Å². The van der Waals surface area contributed by atoms with Crippen LogP contribution in [0.4, 0.5) is 0 Å². The second-order valence-electron chi connectivity index (χ2n) is 5.24. The molecule has 0 radical (unpaired) electrons. The van der Waals surface area contributed by atoms with E-state index in [0.29, 0.717) is 49.1 Å². The average Bonchev–Trinajstić information content (AvgIpc) is 3.13. The monoisotopic (exact) mass is 342 g/mol. The highest BCUT2D eigenvalue weighted by atomic mass is 16.5. The maximum atomic E-state index is 12.9. The topological polar surface area (TPSA) is 75.7 Å². The molecule has 0 unspecified atom stereocenters. The number of hydrogen-bond acceptors (Lipinski definition) is 5. The Kier molecular flexibility index (Phi) is 6.90. The lowest BCUT2D eigenvalue weighted by atomic mass is 10.1. The summed E-state index contributed by atoms with van der Waals surface area (Å²) in [6, 6.07) is 10.8. The Morgan fingerprint density at radius 1 is 1.20 bits per heavy atom. The largest absolute Gasteiger partial charge is 0.490 e. The Hall–Kier alpha value is -2.94. The molecular formula is C19H22N2O4. The van der Waals surface area contributed by atoms with Crippen molar-refractivity contribution < 1.29 is 18.7 Å². The van der Waals surface area contributed by atoms with E-state index in [2.05, 4.69) is 6.07 Å². The molecule has 0 aliphatic heterocycles. The average molecular weight is 342 g/mol. The zero-order valence-electron chi connectivity index (χ0n) is 14.5. The summed E-state index contributed by atoms with van der Waals surface area (Å²) < 4.78 is 16.4. The van der Waals surface area contributed by atoms with E-state index < -0.39 is 0 Å². The van der Waals surface area contributed by atoms with E-state index in [1.807, 2.05) is 13.8 Å². The number of nitriles is 1. The summed E-state index contributed by atoms with van der Waals surface area (Å²) in [6.07, 6.45) is 1.81. The van der Waals surface area contributed by atoms with E-state index in [4.69, 9.17) is 19.2 Å². The van der Waals surface area contributed by atoms with Gasteiger partial charge in [0, 0.05) is 12.1 Å². The van der Waals surface area contributed by atoms with Gasteiger partial charge in [0.15, 0.2) is 11.5 Å². The third kappa shape index (κ3) is 5.01. The molecule has 2 rings (SSSR count). The fourth-order valence-electron chi connectivity index (χ4n) is 2.39. The number of carbonyl (C=O) groups is 1. The van der Waals surface area contributed by atoms with Crippen LogP contribution >= 0.6 is 0 Å². The van der Waals surface area contributed by atoms with Gasteiger partial charge in [-0.2, -0.15) is 5.26 Å². The predicted molar refractivity (Wildman–Crippen MR) is 92.5 cm³/mol. The van der Waals surface area contributed by atoms with E-state index >= 15 is 0 Å². The minimum absolute atomic E-state index is 0.185. The van der Waals surface area contributed by atoms with Crippen molar-refractivity contribution in [1.29, 1.82) is 5.26 Å². The minimum Gasteiger partial charge on any atom is -0.490 e. The molecule has 6 heteroatoms. The predicted octanol–water partition coefficient (Wildman–Crippen LogP) is 3.63. The van der Waals surface area contributed by atoms with E-state index in [1.165, 1.54) is 0 Å². The van der Waals surface area contributed by atoms with Crippen molar-refractivity contribution in [2.75, 3.05) is 19.8 Å². The molecule has 1 aromatic carbocycles. The first-order chi connectivity index (χ1) is 12.2. The smallest absolute Gasteiger partial charge is 0.254 e. The number of ether oxygens (including phenoxy) is 2. The van der Waals surface area contributed by atoms with Crippen molar-refractivity contribution in [2.45, 2.75) is 26.8 Å². The van der Waals surface area contributed by atoms with Crippen molar-refractivity contribution in [3.8, 4) is 17.6 Å². The van der Waals surface area contributed by atoms with Gasteiger partial charge in [0.05, 0.1) is 38.5 Å². The molecule has 6 nitrogen and oxygen atoms in total. The summed E-state index contributed by atoms with van der Waals surface area (Å²) in [5, 5.41) is 8.86. The summed E-state index contributed by atoms with van der Waals surface area (Å²) in [4.78, 5) is 14.5. The molecule has 1 aromatic heterocycles.